The van der Waals surface area contributed by atoms with Crippen LogP contribution in [0, 0.1) is 5.92 Å². The van der Waals surface area contributed by atoms with Crippen LogP contribution in [0.4, 0.5) is 4.79 Å². The Labute approximate surface area is 176 Å². The quantitative estimate of drug-likeness (QED) is 0.570. The van der Waals surface area contributed by atoms with Crippen molar-refractivity contribution in [2.75, 3.05) is 13.1 Å². The van der Waals surface area contributed by atoms with Gasteiger partial charge in [-0.3, -0.25) is 25.2 Å². The fraction of sp³-hybridized carbons (Fsp3) is 0.524. The summed E-state index contributed by atoms with van der Waals surface area (Å²) in [5, 5.41) is 0. The molecule has 0 unspecified atom stereocenters. The maximum absolute atomic E-state index is 12.4. The second-order valence-corrected chi connectivity index (χ2v) is 8.13. The van der Waals surface area contributed by atoms with Gasteiger partial charge in [-0.1, -0.05) is 18.2 Å². The van der Waals surface area contributed by atoms with Crippen molar-refractivity contribution in [3.63, 3.8) is 0 Å². The van der Waals surface area contributed by atoms with E-state index >= 15 is 0 Å². The number of nitrogens with one attached hydrogen (secondary N) is 2. The van der Waals surface area contributed by atoms with Crippen LogP contribution in [0.25, 0.3) is 0 Å². The van der Waals surface area contributed by atoms with Crippen molar-refractivity contribution >= 4 is 23.9 Å². The summed E-state index contributed by atoms with van der Waals surface area (Å²) in [6.07, 6.45) is -0.623. The van der Waals surface area contributed by atoms with Gasteiger partial charge in [0.2, 0.25) is 0 Å². The van der Waals surface area contributed by atoms with Gasteiger partial charge in [-0.15, -0.1) is 0 Å². The van der Waals surface area contributed by atoms with E-state index in [4.69, 9.17) is 9.47 Å². The number of esters is 1. The van der Waals surface area contributed by atoms with Crippen molar-refractivity contribution in [2.45, 2.75) is 52.2 Å². The van der Waals surface area contributed by atoms with Crippen LogP contribution in [0.15, 0.2) is 30.3 Å². The molecule has 1 aliphatic rings. The molecule has 1 saturated heterocycles. The number of hydrogen-bond donors (Lipinski definition) is 2. The van der Waals surface area contributed by atoms with Crippen molar-refractivity contribution in [1.82, 2.24) is 15.8 Å². The van der Waals surface area contributed by atoms with E-state index in [1.54, 1.807) is 56.0 Å². The molecule has 1 atom stereocenters. The van der Waals surface area contributed by atoms with E-state index in [1.165, 1.54) is 6.92 Å². The third-order valence-electron chi connectivity index (χ3n) is 4.48. The molecule has 9 nitrogen and oxygen atoms in total. The molecule has 1 aliphatic heterocycles. The van der Waals surface area contributed by atoms with Gasteiger partial charge >= 0.3 is 12.1 Å². The van der Waals surface area contributed by atoms with Crippen LogP contribution in [0.1, 0.15) is 50.9 Å². The number of hydrogen-bond acceptors (Lipinski definition) is 6. The first-order valence-corrected chi connectivity index (χ1v) is 9.90. The highest BCUT2D eigenvalue weighted by atomic mass is 16.6. The van der Waals surface area contributed by atoms with E-state index in [0.29, 0.717) is 31.5 Å². The Hall–Kier alpha value is -3.10. The van der Waals surface area contributed by atoms with Crippen LogP contribution in [0.5, 0.6) is 0 Å². The third kappa shape index (κ3) is 7.06. The van der Waals surface area contributed by atoms with Gasteiger partial charge in [0, 0.05) is 18.7 Å². The van der Waals surface area contributed by atoms with E-state index in [0.717, 1.165) is 0 Å². The first kappa shape index (κ1) is 23.2. The highest BCUT2D eigenvalue weighted by molar-refractivity contribution is 5.95. The lowest BCUT2D eigenvalue weighted by atomic mass is 9.97. The number of amides is 3. The SMILES string of the molecule is C[C@H](OC(=O)C1CCN(C(=O)OC(C)(C)C)CC1)C(=O)NNC(=O)c1ccccc1. The van der Waals surface area contributed by atoms with Crippen molar-refractivity contribution < 1.29 is 28.7 Å². The zero-order valence-corrected chi connectivity index (χ0v) is 17.8. The van der Waals surface area contributed by atoms with Crippen molar-refractivity contribution in [2.24, 2.45) is 5.92 Å². The maximum atomic E-state index is 12.4. The van der Waals surface area contributed by atoms with Crippen molar-refractivity contribution in [3.05, 3.63) is 35.9 Å². The van der Waals surface area contributed by atoms with Crippen LogP contribution >= 0.6 is 0 Å². The monoisotopic (exact) mass is 419 g/mol. The Bertz CT molecular complexity index is 767. The lowest BCUT2D eigenvalue weighted by Gasteiger charge is -2.32. The first-order valence-electron chi connectivity index (χ1n) is 9.90. The number of benzene rings is 1. The minimum Gasteiger partial charge on any atom is -0.452 e. The predicted octanol–water partition coefficient (Wildman–Crippen LogP) is 2.03. The predicted molar refractivity (Wildman–Crippen MR) is 108 cm³/mol. The first-order chi connectivity index (χ1) is 14.1. The molecule has 1 aromatic rings. The number of nitrogens with zero attached hydrogens (tertiary/aromatic N) is 1. The molecule has 2 N–H and O–H groups in total. The fourth-order valence-corrected chi connectivity index (χ4v) is 2.83. The van der Waals surface area contributed by atoms with Crippen LogP contribution in [-0.2, 0) is 19.1 Å². The molecule has 0 radical (unpaired) electrons. The summed E-state index contributed by atoms with van der Waals surface area (Å²) in [4.78, 5) is 50.0. The molecule has 0 saturated carbocycles. The van der Waals surface area contributed by atoms with E-state index in [9.17, 15) is 19.2 Å². The average Bonchev–Trinajstić information content (AvgIpc) is 2.71. The average molecular weight is 419 g/mol. The Morgan fingerprint density at radius 3 is 2.20 bits per heavy atom. The minimum absolute atomic E-state index is 0.377. The minimum atomic E-state index is -1.07. The normalized spacial score (nSPS) is 15.7. The number of ether oxygens (including phenoxy) is 2. The van der Waals surface area contributed by atoms with Crippen LogP contribution in [-0.4, -0.2) is 53.6 Å². The zero-order valence-electron chi connectivity index (χ0n) is 17.8. The summed E-state index contributed by atoms with van der Waals surface area (Å²) in [7, 11) is 0. The van der Waals surface area contributed by atoms with E-state index in [1.807, 2.05) is 0 Å². The molecule has 1 heterocycles. The van der Waals surface area contributed by atoms with Gasteiger partial charge in [0.25, 0.3) is 11.8 Å². The third-order valence-corrected chi connectivity index (χ3v) is 4.48. The molecule has 1 fully saturated rings. The molecule has 1 aromatic carbocycles. The number of carbonyl (C=O) groups is 4. The molecule has 0 aliphatic carbocycles. The standard InChI is InChI=1S/C21H29N3O6/c1-14(17(25)22-23-18(26)15-8-6-5-7-9-15)29-19(27)16-10-12-24(13-11-16)20(28)30-21(2,3)4/h5-9,14,16H,10-13H2,1-4H3,(H,22,25)(H,23,26)/t14-/m0/s1. The summed E-state index contributed by atoms with van der Waals surface area (Å²) >= 11 is 0. The lowest BCUT2D eigenvalue weighted by molar-refractivity contribution is -0.160. The van der Waals surface area contributed by atoms with Gasteiger partial charge in [0.05, 0.1) is 5.92 Å². The van der Waals surface area contributed by atoms with Gasteiger partial charge < -0.3 is 14.4 Å². The fourth-order valence-electron chi connectivity index (χ4n) is 2.83. The summed E-state index contributed by atoms with van der Waals surface area (Å²) in [5.41, 5.74) is 4.34. The summed E-state index contributed by atoms with van der Waals surface area (Å²) in [5.74, 6) is -2.02. The van der Waals surface area contributed by atoms with Gasteiger partial charge in [0.1, 0.15) is 5.60 Å². The molecule has 0 bridgehead atoms. The largest absolute Gasteiger partial charge is 0.452 e. The van der Waals surface area contributed by atoms with Gasteiger partial charge in [-0.05, 0) is 52.7 Å². The molecule has 0 aromatic heterocycles. The van der Waals surface area contributed by atoms with E-state index in [2.05, 4.69) is 10.9 Å². The molecule has 30 heavy (non-hydrogen) atoms. The van der Waals surface area contributed by atoms with E-state index < -0.39 is 41.5 Å². The smallest absolute Gasteiger partial charge is 0.410 e. The summed E-state index contributed by atoms with van der Waals surface area (Å²) in [6.45, 7) is 7.57. The van der Waals surface area contributed by atoms with Crippen LogP contribution in [0.2, 0.25) is 0 Å². The topological polar surface area (TPSA) is 114 Å². The highest BCUT2D eigenvalue weighted by Crippen LogP contribution is 2.21. The molecular weight excluding hydrogens is 390 g/mol. The van der Waals surface area contributed by atoms with E-state index in [-0.39, 0.29) is 0 Å². The highest BCUT2D eigenvalue weighted by Gasteiger charge is 2.32. The molecule has 9 heteroatoms. The second-order valence-electron chi connectivity index (χ2n) is 8.13. The maximum Gasteiger partial charge on any atom is 0.410 e. The molecule has 164 valence electrons. The Balaban J connectivity index is 1.74. The van der Waals surface area contributed by atoms with Gasteiger partial charge in [-0.2, -0.15) is 0 Å². The zero-order chi connectivity index (χ0) is 22.3. The molecule has 3 amide bonds. The van der Waals surface area contributed by atoms with Crippen LogP contribution in [0.3, 0.4) is 0 Å². The summed E-state index contributed by atoms with van der Waals surface area (Å²) < 4.78 is 10.6. The Morgan fingerprint density at radius 1 is 1.03 bits per heavy atom. The Kier molecular flexibility index (Phi) is 7.79. The van der Waals surface area contributed by atoms with Crippen molar-refractivity contribution in [1.29, 1.82) is 0 Å². The molecule has 0 spiro atoms. The van der Waals surface area contributed by atoms with Gasteiger partial charge in [-0.25, -0.2) is 4.79 Å². The van der Waals surface area contributed by atoms with Gasteiger partial charge in [0.15, 0.2) is 6.10 Å². The number of hydrazine groups is 1. The van der Waals surface area contributed by atoms with Crippen LogP contribution < -0.4 is 10.9 Å². The number of piperidine rings is 1. The number of likely N-dealkylation sites (tertiary alicyclic amines) is 1. The molecule has 2 rings (SSSR count). The number of carbonyl (C=O) groups excluding carboxylic acids is 4. The second kappa shape index (κ2) is 10.1. The number of rotatable bonds is 4. The Morgan fingerprint density at radius 2 is 1.63 bits per heavy atom. The summed E-state index contributed by atoms with van der Waals surface area (Å²) in [6, 6.07) is 8.39. The molecular formula is C21H29N3O6. The lowest BCUT2D eigenvalue weighted by Crippen LogP contribution is -2.47. The van der Waals surface area contributed by atoms with Crippen molar-refractivity contribution in [3.8, 4) is 0 Å².